The summed E-state index contributed by atoms with van der Waals surface area (Å²) in [6.07, 6.45) is 3.31. The molecule has 1 N–H and O–H groups in total. The maximum absolute atomic E-state index is 11.2. The number of ether oxygens (including phenoxy) is 2. The van der Waals surface area contributed by atoms with Crippen LogP contribution in [0.25, 0.3) is 22.4 Å². The number of imidazole rings is 1. The summed E-state index contributed by atoms with van der Waals surface area (Å²) in [5.41, 5.74) is 2.09. The number of hydrogen-bond acceptors (Lipinski definition) is 5. The van der Waals surface area contributed by atoms with E-state index >= 15 is 0 Å². The minimum absolute atomic E-state index is 0.163. The first-order valence-corrected chi connectivity index (χ1v) is 6.64. The minimum Gasteiger partial charge on any atom is -0.480 e. The van der Waals surface area contributed by atoms with Crippen molar-refractivity contribution in [2.45, 2.75) is 6.54 Å². The molecule has 0 radical (unpaired) electrons. The zero-order valence-electron chi connectivity index (χ0n) is 11.4. The van der Waals surface area contributed by atoms with Crippen molar-refractivity contribution in [3.8, 4) is 22.9 Å². The number of aromatic nitrogens is 3. The van der Waals surface area contributed by atoms with E-state index in [1.54, 1.807) is 35.2 Å². The van der Waals surface area contributed by atoms with Crippen LogP contribution in [0.1, 0.15) is 0 Å². The van der Waals surface area contributed by atoms with Crippen molar-refractivity contribution in [1.82, 2.24) is 14.5 Å². The molecule has 1 aliphatic heterocycles. The van der Waals surface area contributed by atoms with Gasteiger partial charge in [0, 0.05) is 30.1 Å². The lowest BCUT2D eigenvalue weighted by Gasteiger charge is -2.06. The van der Waals surface area contributed by atoms with E-state index < -0.39 is 5.97 Å². The van der Waals surface area contributed by atoms with Gasteiger partial charge in [-0.05, 0) is 12.1 Å². The number of benzene rings is 1. The van der Waals surface area contributed by atoms with Crippen molar-refractivity contribution in [3.63, 3.8) is 0 Å². The summed E-state index contributed by atoms with van der Waals surface area (Å²) in [5, 5.41) is 9.19. The van der Waals surface area contributed by atoms with Crippen molar-refractivity contribution in [2.24, 2.45) is 0 Å². The molecule has 0 amide bonds. The quantitative estimate of drug-likeness (QED) is 0.794. The first-order valence-electron chi connectivity index (χ1n) is 6.64. The smallest absolute Gasteiger partial charge is 0.323 e. The second-order valence-electron chi connectivity index (χ2n) is 4.85. The summed E-state index contributed by atoms with van der Waals surface area (Å²) >= 11 is 0. The molecule has 1 aromatic carbocycles. The van der Waals surface area contributed by atoms with Gasteiger partial charge in [0.1, 0.15) is 12.4 Å². The van der Waals surface area contributed by atoms with Crippen LogP contribution in [0, 0.1) is 0 Å². The van der Waals surface area contributed by atoms with E-state index in [0.29, 0.717) is 28.4 Å². The van der Waals surface area contributed by atoms with Crippen LogP contribution in [-0.2, 0) is 11.3 Å². The van der Waals surface area contributed by atoms with Gasteiger partial charge in [0.05, 0.1) is 11.0 Å². The maximum atomic E-state index is 11.2. The van der Waals surface area contributed by atoms with Gasteiger partial charge in [-0.2, -0.15) is 0 Å². The molecule has 1 aliphatic rings. The van der Waals surface area contributed by atoms with Crippen molar-refractivity contribution in [3.05, 3.63) is 36.7 Å². The van der Waals surface area contributed by atoms with Crippen molar-refractivity contribution in [1.29, 1.82) is 0 Å². The van der Waals surface area contributed by atoms with Crippen LogP contribution in [0.2, 0.25) is 0 Å². The molecule has 4 rings (SSSR count). The second kappa shape index (κ2) is 4.73. The summed E-state index contributed by atoms with van der Waals surface area (Å²) in [4.78, 5) is 19.8. The topological polar surface area (TPSA) is 86.5 Å². The fourth-order valence-electron chi connectivity index (χ4n) is 2.53. The fraction of sp³-hybridized carbons (Fsp3) is 0.133. The van der Waals surface area contributed by atoms with Crippen molar-refractivity contribution >= 4 is 17.0 Å². The Hall–Kier alpha value is -3.09. The average molecular weight is 297 g/mol. The number of rotatable bonds is 3. The highest BCUT2D eigenvalue weighted by molar-refractivity contribution is 5.85. The van der Waals surface area contributed by atoms with Crippen LogP contribution in [0.3, 0.4) is 0 Å². The van der Waals surface area contributed by atoms with Gasteiger partial charge in [0.2, 0.25) is 6.79 Å². The molecule has 2 aromatic heterocycles. The van der Waals surface area contributed by atoms with Crippen LogP contribution in [0.15, 0.2) is 36.7 Å². The third-order valence-corrected chi connectivity index (χ3v) is 3.46. The summed E-state index contributed by atoms with van der Waals surface area (Å²) in [7, 11) is 0. The first kappa shape index (κ1) is 12.6. The van der Waals surface area contributed by atoms with Crippen molar-refractivity contribution in [2.75, 3.05) is 6.79 Å². The Kier molecular flexibility index (Phi) is 2.72. The standard InChI is InChI=1S/C15H11N3O4/c19-14(20)7-18-11-5-13-12(21-8-22-13)4-10(11)17-15(18)9-2-1-3-16-6-9/h1-6H,7-8H2,(H,19,20). The lowest BCUT2D eigenvalue weighted by Crippen LogP contribution is -2.10. The highest BCUT2D eigenvalue weighted by Gasteiger charge is 2.20. The Morgan fingerprint density at radius 1 is 1.32 bits per heavy atom. The van der Waals surface area contributed by atoms with Gasteiger partial charge in [-0.15, -0.1) is 0 Å². The van der Waals surface area contributed by atoms with E-state index in [4.69, 9.17) is 9.47 Å². The van der Waals surface area contributed by atoms with Gasteiger partial charge in [-0.25, -0.2) is 4.98 Å². The van der Waals surface area contributed by atoms with Gasteiger partial charge in [-0.1, -0.05) is 0 Å². The summed E-state index contributed by atoms with van der Waals surface area (Å²) in [5.74, 6) is 0.818. The predicted molar refractivity (Wildman–Crippen MR) is 76.7 cm³/mol. The maximum Gasteiger partial charge on any atom is 0.323 e. The highest BCUT2D eigenvalue weighted by atomic mass is 16.7. The number of pyridine rings is 1. The minimum atomic E-state index is -0.942. The molecule has 7 heteroatoms. The lowest BCUT2D eigenvalue weighted by atomic mass is 10.2. The van der Waals surface area contributed by atoms with Crippen LogP contribution in [0.5, 0.6) is 11.5 Å². The molecule has 0 saturated heterocycles. The third kappa shape index (κ3) is 1.95. The van der Waals surface area contributed by atoms with E-state index in [9.17, 15) is 9.90 Å². The second-order valence-corrected chi connectivity index (χ2v) is 4.85. The molecule has 0 bridgehead atoms. The lowest BCUT2D eigenvalue weighted by molar-refractivity contribution is -0.137. The predicted octanol–water partition coefficient (Wildman–Crippen LogP) is 1.91. The molecular weight excluding hydrogens is 286 g/mol. The fourth-order valence-corrected chi connectivity index (χ4v) is 2.53. The largest absolute Gasteiger partial charge is 0.480 e. The van der Waals surface area contributed by atoms with Crippen molar-refractivity contribution < 1.29 is 19.4 Å². The monoisotopic (exact) mass is 297 g/mol. The molecule has 0 atom stereocenters. The Balaban J connectivity index is 1.97. The normalized spacial score (nSPS) is 12.7. The third-order valence-electron chi connectivity index (χ3n) is 3.46. The molecule has 0 aliphatic carbocycles. The SMILES string of the molecule is O=C(O)Cn1c(-c2cccnc2)nc2cc3c(cc21)OCO3. The number of carboxylic acids is 1. The van der Waals surface area contributed by atoms with Gasteiger partial charge >= 0.3 is 5.97 Å². The van der Waals surface area contributed by atoms with Crippen LogP contribution >= 0.6 is 0 Å². The number of aliphatic carboxylic acids is 1. The molecule has 110 valence electrons. The molecule has 0 unspecified atom stereocenters. The van der Waals surface area contributed by atoms with Gasteiger partial charge < -0.3 is 19.1 Å². The van der Waals surface area contributed by atoms with Crippen LogP contribution < -0.4 is 9.47 Å². The summed E-state index contributed by atoms with van der Waals surface area (Å²) in [6.45, 7) is -0.0310. The molecule has 22 heavy (non-hydrogen) atoms. The van der Waals surface area contributed by atoms with E-state index in [1.165, 1.54) is 0 Å². The first-order chi connectivity index (χ1) is 10.7. The molecule has 3 aromatic rings. The summed E-state index contributed by atoms with van der Waals surface area (Å²) < 4.78 is 12.3. The average Bonchev–Trinajstić information content (AvgIpc) is 3.10. The Labute approximate surface area is 124 Å². The van der Waals surface area contributed by atoms with Gasteiger partial charge in [0.25, 0.3) is 0 Å². The molecule has 0 saturated carbocycles. The zero-order valence-corrected chi connectivity index (χ0v) is 11.4. The summed E-state index contributed by atoms with van der Waals surface area (Å²) in [6, 6.07) is 7.14. The molecule has 0 fully saturated rings. The number of nitrogens with zero attached hydrogens (tertiary/aromatic N) is 3. The van der Waals surface area contributed by atoms with Gasteiger partial charge in [-0.3, -0.25) is 9.78 Å². The molecule has 7 nitrogen and oxygen atoms in total. The van der Waals surface area contributed by atoms with E-state index in [0.717, 1.165) is 5.56 Å². The molecular formula is C15H11N3O4. The number of carbonyl (C=O) groups is 1. The molecule has 3 heterocycles. The number of hydrogen-bond donors (Lipinski definition) is 1. The number of carboxylic acid groups (broad SMARTS) is 1. The van der Waals surface area contributed by atoms with Gasteiger partial charge in [0.15, 0.2) is 11.5 Å². The Bertz CT molecular complexity index is 873. The van der Waals surface area contributed by atoms with E-state index in [1.807, 2.05) is 6.07 Å². The highest BCUT2D eigenvalue weighted by Crippen LogP contribution is 2.37. The Morgan fingerprint density at radius 3 is 2.86 bits per heavy atom. The Morgan fingerprint density at radius 2 is 2.14 bits per heavy atom. The van der Waals surface area contributed by atoms with Crippen LogP contribution in [0.4, 0.5) is 0 Å². The van der Waals surface area contributed by atoms with E-state index in [2.05, 4.69) is 9.97 Å². The number of fused-ring (bicyclic) bond motifs is 2. The zero-order chi connectivity index (χ0) is 15.1. The molecule has 0 spiro atoms. The van der Waals surface area contributed by atoms with E-state index in [-0.39, 0.29) is 13.3 Å². The van der Waals surface area contributed by atoms with Crippen LogP contribution in [-0.4, -0.2) is 32.4 Å².